The van der Waals surface area contributed by atoms with Crippen molar-refractivity contribution < 1.29 is 4.52 Å². The van der Waals surface area contributed by atoms with Crippen LogP contribution in [0.3, 0.4) is 0 Å². The zero-order valence-electron chi connectivity index (χ0n) is 12.8. The molecule has 0 bridgehead atoms. The van der Waals surface area contributed by atoms with Crippen molar-refractivity contribution in [2.24, 2.45) is 0 Å². The Morgan fingerprint density at radius 1 is 1.36 bits per heavy atom. The van der Waals surface area contributed by atoms with Crippen molar-refractivity contribution in [3.63, 3.8) is 0 Å². The van der Waals surface area contributed by atoms with Crippen molar-refractivity contribution in [2.45, 2.75) is 26.4 Å². The normalized spacial score (nSPS) is 19.0. The van der Waals surface area contributed by atoms with Crippen LogP contribution < -0.4 is 5.32 Å². The van der Waals surface area contributed by atoms with E-state index < -0.39 is 0 Å². The summed E-state index contributed by atoms with van der Waals surface area (Å²) in [7, 11) is 0. The molecule has 6 heteroatoms. The molecule has 0 aliphatic carbocycles. The van der Waals surface area contributed by atoms with Crippen LogP contribution in [0.4, 0.5) is 0 Å². The maximum absolute atomic E-state index is 6.38. The van der Waals surface area contributed by atoms with Crippen LogP contribution in [0.1, 0.15) is 28.6 Å². The summed E-state index contributed by atoms with van der Waals surface area (Å²) in [5, 5.41) is 8.34. The molecule has 4 nitrogen and oxygen atoms in total. The minimum atomic E-state index is 0. The molecule has 3 rings (SSSR count). The van der Waals surface area contributed by atoms with Gasteiger partial charge in [-0.3, -0.25) is 4.90 Å². The summed E-state index contributed by atoms with van der Waals surface area (Å²) in [5.41, 5.74) is 3.34. The highest BCUT2D eigenvalue weighted by Crippen LogP contribution is 2.30. The minimum absolute atomic E-state index is 0. The Balaban J connectivity index is 0.00000176. The van der Waals surface area contributed by atoms with Gasteiger partial charge in [-0.15, -0.1) is 12.4 Å². The van der Waals surface area contributed by atoms with Gasteiger partial charge in [-0.1, -0.05) is 35.0 Å². The van der Waals surface area contributed by atoms with Gasteiger partial charge in [0, 0.05) is 42.8 Å². The summed E-state index contributed by atoms with van der Waals surface area (Å²) in [6.07, 6.45) is 0. The molecule has 1 atom stereocenters. The van der Waals surface area contributed by atoms with Crippen LogP contribution in [-0.2, 0) is 6.54 Å². The van der Waals surface area contributed by atoms with Crippen LogP contribution >= 0.6 is 24.0 Å². The second kappa shape index (κ2) is 7.47. The van der Waals surface area contributed by atoms with Crippen molar-refractivity contribution in [3.05, 3.63) is 51.9 Å². The lowest BCUT2D eigenvalue weighted by molar-refractivity contribution is 0.153. The summed E-state index contributed by atoms with van der Waals surface area (Å²) in [5.74, 6) is 0.906. The topological polar surface area (TPSA) is 41.3 Å². The number of aromatic nitrogens is 1. The van der Waals surface area contributed by atoms with Gasteiger partial charge in [-0.2, -0.15) is 0 Å². The van der Waals surface area contributed by atoms with Gasteiger partial charge in [-0.25, -0.2) is 0 Å². The zero-order valence-corrected chi connectivity index (χ0v) is 14.4. The molecule has 2 heterocycles. The van der Waals surface area contributed by atoms with E-state index in [-0.39, 0.29) is 18.4 Å². The van der Waals surface area contributed by atoms with Gasteiger partial charge in [0.15, 0.2) is 0 Å². The Labute approximate surface area is 142 Å². The number of hydrogen-bond acceptors (Lipinski definition) is 4. The largest absolute Gasteiger partial charge is 0.361 e. The molecule has 1 aliphatic heterocycles. The molecule has 2 aromatic rings. The maximum atomic E-state index is 6.38. The fourth-order valence-corrected chi connectivity index (χ4v) is 3.18. The van der Waals surface area contributed by atoms with Gasteiger partial charge in [-0.05, 0) is 25.5 Å². The summed E-state index contributed by atoms with van der Waals surface area (Å²) in [6, 6.07) is 8.37. The van der Waals surface area contributed by atoms with Crippen molar-refractivity contribution >= 4 is 24.0 Å². The van der Waals surface area contributed by atoms with Crippen molar-refractivity contribution in [2.75, 3.05) is 19.6 Å². The van der Waals surface area contributed by atoms with Gasteiger partial charge in [0.2, 0.25) is 0 Å². The zero-order chi connectivity index (χ0) is 14.8. The average Bonchev–Trinajstić information content (AvgIpc) is 2.81. The standard InChI is InChI=1S/C16H20ClN3O.ClH/c1-11-14(12(2)21-19-11)10-20-8-7-18-9-16(20)13-5-3-4-6-15(13)17;/h3-6,16,18H,7-10H2,1-2H3;1H. The van der Waals surface area contributed by atoms with E-state index in [4.69, 9.17) is 16.1 Å². The number of nitrogens with zero attached hydrogens (tertiary/aromatic N) is 2. The SMILES string of the molecule is Cc1noc(C)c1CN1CCNCC1c1ccccc1Cl.Cl. The number of aryl methyl sites for hydroxylation is 2. The van der Waals surface area contributed by atoms with Crippen molar-refractivity contribution in [3.8, 4) is 0 Å². The van der Waals surface area contributed by atoms with Gasteiger partial charge < -0.3 is 9.84 Å². The predicted octanol–water partition coefficient (Wildman–Crippen LogP) is 3.51. The predicted molar refractivity (Wildman–Crippen MR) is 90.7 cm³/mol. The number of rotatable bonds is 3. The third-order valence-corrected chi connectivity index (χ3v) is 4.51. The number of hydrogen-bond donors (Lipinski definition) is 1. The second-order valence-corrected chi connectivity index (χ2v) is 5.92. The molecule has 1 saturated heterocycles. The first-order valence-corrected chi connectivity index (χ1v) is 7.65. The molecule has 0 spiro atoms. The molecule has 1 aliphatic rings. The molecule has 0 amide bonds. The van der Waals surface area contributed by atoms with Crippen molar-refractivity contribution in [1.29, 1.82) is 0 Å². The highest BCUT2D eigenvalue weighted by molar-refractivity contribution is 6.31. The second-order valence-electron chi connectivity index (χ2n) is 5.51. The summed E-state index contributed by atoms with van der Waals surface area (Å²) in [4.78, 5) is 2.45. The Kier molecular flexibility index (Phi) is 5.87. The lowest BCUT2D eigenvalue weighted by Crippen LogP contribution is -2.45. The molecule has 1 aromatic carbocycles. The molecule has 1 fully saturated rings. The number of nitrogens with one attached hydrogen (secondary N) is 1. The van der Waals surface area contributed by atoms with E-state index in [1.165, 1.54) is 11.1 Å². The highest BCUT2D eigenvalue weighted by atomic mass is 35.5. The van der Waals surface area contributed by atoms with E-state index in [1.54, 1.807) is 0 Å². The lowest BCUT2D eigenvalue weighted by Gasteiger charge is -2.36. The molecule has 1 N–H and O–H groups in total. The van der Waals surface area contributed by atoms with Gasteiger partial charge in [0.1, 0.15) is 5.76 Å². The first kappa shape index (κ1) is 17.3. The summed E-state index contributed by atoms with van der Waals surface area (Å²) in [6.45, 7) is 7.71. The molecule has 0 radical (unpaired) electrons. The first-order valence-electron chi connectivity index (χ1n) is 7.27. The highest BCUT2D eigenvalue weighted by Gasteiger charge is 2.27. The fraction of sp³-hybridized carbons (Fsp3) is 0.438. The number of halogens is 2. The molecule has 1 unspecified atom stereocenters. The lowest BCUT2D eigenvalue weighted by atomic mass is 10.0. The number of piperazine rings is 1. The van der Waals surface area contributed by atoms with E-state index in [2.05, 4.69) is 21.4 Å². The van der Waals surface area contributed by atoms with E-state index >= 15 is 0 Å². The molecule has 120 valence electrons. The van der Waals surface area contributed by atoms with E-state index in [9.17, 15) is 0 Å². The Morgan fingerprint density at radius 2 is 2.14 bits per heavy atom. The van der Waals surface area contributed by atoms with Crippen LogP contribution in [0.2, 0.25) is 5.02 Å². The van der Waals surface area contributed by atoms with Crippen LogP contribution in [0.25, 0.3) is 0 Å². The molecule has 1 aromatic heterocycles. The van der Waals surface area contributed by atoms with E-state index in [0.717, 1.165) is 42.7 Å². The van der Waals surface area contributed by atoms with Gasteiger partial charge >= 0.3 is 0 Å². The van der Waals surface area contributed by atoms with E-state index in [0.29, 0.717) is 0 Å². The quantitative estimate of drug-likeness (QED) is 0.927. The van der Waals surface area contributed by atoms with Crippen LogP contribution in [0.15, 0.2) is 28.8 Å². The Hall–Kier alpha value is -1.07. The fourth-order valence-electron chi connectivity index (χ4n) is 2.92. The number of benzene rings is 1. The Bertz CT molecular complexity index is 610. The molecular weight excluding hydrogens is 321 g/mol. The average molecular weight is 342 g/mol. The third kappa shape index (κ3) is 3.46. The van der Waals surface area contributed by atoms with Gasteiger partial charge in [0.05, 0.1) is 5.69 Å². The minimum Gasteiger partial charge on any atom is -0.361 e. The smallest absolute Gasteiger partial charge is 0.138 e. The van der Waals surface area contributed by atoms with Crippen LogP contribution in [-0.4, -0.2) is 29.7 Å². The summed E-state index contributed by atoms with van der Waals surface area (Å²) < 4.78 is 5.28. The van der Waals surface area contributed by atoms with Gasteiger partial charge in [0.25, 0.3) is 0 Å². The van der Waals surface area contributed by atoms with Crippen LogP contribution in [0, 0.1) is 13.8 Å². The Morgan fingerprint density at radius 3 is 2.82 bits per heavy atom. The molecule has 22 heavy (non-hydrogen) atoms. The maximum Gasteiger partial charge on any atom is 0.138 e. The first-order chi connectivity index (χ1) is 10.2. The molecular formula is C16H21Cl2N3O. The monoisotopic (exact) mass is 341 g/mol. The third-order valence-electron chi connectivity index (χ3n) is 4.16. The molecule has 0 saturated carbocycles. The van der Waals surface area contributed by atoms with E-state index in [1.807, 2.05) is 32.0 Å². The summed E-state index contributed by atoms with van der Waals surface area (Å²) >= 11 is 6.38. The van der Waals surface area contributed by atoms with Crippen LogP contribution in [0.5, 0.6) is 0 Å². The van der Waals surface area contributed by atoms with Crippen molar-refractivity contribution in [1.82, 2.24) is 15.4 Å².